The van der Waals surface area contributed by atoms with Crippen LogP contribution in [0.4, 0.5) is 32.4 Å². The minimum atomic E-state index is -4.74. The normalized spacial score (nSPS) is 16.8. The second kappa shape index (κ2) is 8.80. The van der Waals surface area contributed by atoms with Gasteiger partial charge in [-0.05, 0) is 31.9 Å². The summed E-state index contributed by atoms with van der Waals surface area (Å²) < 4.78 is 84.0. The molecule has 176 valence electrons. The van der Waals surface area contributed by atoms with E-state index in [2.05, 4.69) is 20.3 Å². The van der Waals surface area contributed by atoms with Crippen LogP contribution in [-0.2, 0) is 15.7 Å². The van der Waals surface area contributed by atoms with Gasteiger partial charge in [0.05, 0.1) is 6.10 Å². The first kappa shape index (κ1) is 23.6. The maximum absolute atomic E-state index is 12.6. The molecule has 2 aromatic heterocycles. The number of aromatic amines is 1. The third-order valence-corrected chi connectivity index (χ3v) is 4.63. The summed E-state index contributed by atoms with van der Waals surface area (Å²) in [4.78, 5) is 27.4. The number of nitrogens with one attached hydrogen (secondary N) is 2. The lowest BCUT2D eigenvalue weighted by molar-refractivity contribution is -0.345. The van der Waals surface area contributed by atoms with Gasteiger partial charge in [-0.1, -0.05) is 5.10 Å². The maximum Gasteiger partial charge on any atom is 0.522 e. The Bertz CT molecular complexity index is 1010. The molecule has 3 rings (SSSR count). The topological polar surface area (TPSA) is 113 Å². The van der Waals surface area contributed by atoms with Crippen LogP contribution in [0, 0.1) is 0 Å². The molecule has 3 heterocycles. The lowest BCUT2D eigenvalue weighted by Gasteiger charge is -2.33. The third kappa shape index (κ3) is 5.77. The molecular weight excluding hydrogens is 452 g/mol. The van der Waals surface area contributed by atoms with Gasteiger partial charge in [-0.2, -0.15) is 13.2 Å². The summed E-state index contributed by atoms with van der Waals surface area (Å²) in [5.41, 5.74) is -2.64. The smallest absolute Gasteiger partial charge is 0.403 e. The summed E-state index contributed by atoms with van der Waals surface area (Å²) in [7, 11) is 0. The fraction of sp³-hybridized carbons (Fsp3) is 0.529. The van der Waals surface area contributed by atoms with Crippen LogP contribution in [0.2, 0.25) is 0 Å². The van der Waals surface area contributed by atoms with Crippen LogP contribution >= 0.6 is 0 Å². The van der Waals surface area contributed by atoms with Crippen LogP contribution in [0.15, 0.2) is 21.3 Å². The molecule has 1 amide bonds. The highest BCUT2D eigenvalue weighted by atomic mass is 19.4. The number of ether oxygens (including phenoxy) is 1. The summed E-state index contributed by atoms with van der Waals surface area (Å²) in [5.74, 6) is -0.810. The number of carbonyl (C=O) groups is 1. The number of aromatic nitrogens is 3. The summed E-state index contributed by atoms with van der Waals surface area (Å²) >= 11 is 0. The van der Waals surface area contributed by atoms with E-state index in [9.17, 15) is 35.9 Å². The minimum Gasteiger partial charge on any atom is -0.403 e. The summed E-state index contributed by atoms with van der Waals surface area (Å²) in [6.07, 6.45) is -10.5. The van der Waals surface area contributed by atoms with Gasteiger partial charge in [0, 0.05) is 13.1 Å². The van der Waals surface area contributed by atoms with Crippen molar-refractivity contribution in [1.29, 1.82) is 0 Å². The molecule has 1 aliphatic rings. The maximum atomic E-state index is 12.6. The molecule has 1 fully saturated rings. The lowest BCUT2D eigenvalue weighted by Crippen LogP contribution is -2.47. The Hall–Kier alpha value is -3.10. The Morgan fingerprint density at radius 3 is 2.44 bits per heavy atom. The number of likely N-dealkylation sites (tertiary alicyclic amines) is 1. The van der Waals surface area contributed by atoms with E-state index in [0.29, 0.717) is 6.07 Å². The first-order valence-electron chi connectivity index (χ1n) is 9.28. The second-order valence-corrected chi connectivity index (χ2v) is 6.98. The molecule has 0 unspecified atom stereocenters. The first-order chi connectivity index (χ1) is 14.8. The molecular formula is C17H17F6N5O4. The number of halogens is 6. The van der Waals surface area contributed by atoms with Crippen molar-refractivity contribution in [3.8, 4) is 11.5 Å². The molecule has 0 aromatic carbocycles. The third-order valence-electron chi connectivity index (χ3n) is 4.63. The van der Waals surface area contributed by atoms with Crippen molar-refractivity contribution in [2.24, 2.45) is 0 Å². The Morgan fingerprint density at radius 1 is 1.22 bits per heavy atom. The number of hydrogen-bond acceptors (Lipinski definition) is 7. The number of amides is 1. The van der Waals surface area contributed by atoms with Crippen molar-refractivity contribution in [3.05, 3.63) is 28.2 Å². The quantitative estimate of drug-likeness (QED) is 0.648. The molecule has 15 heteroatoms. The Morgan fingerprint density at radius 2 is 1.88 bits per heavy atom. The molecule has 9 nitrogen and oxygen atoms in total. The number of pyridine rings is 1. The van der Waals surface area contributed by atoms with E-state index in [4.69, 9.17) is 4.42 Å². The van der Waals surface area contributed by atoms with E-state index in [1.165, 1.54) is 11.8 Å². The van der Waals surface area contributed by atoms with E-state index < -0.39 is 41.8 Å². The number of alkyl halides is 6. The van der Waals surface area contributed by atoms with E-state index >= 15 is 0 Å². The van der Waals surface area contributed by atoms with Gasteiger partial charge >= 0.3 is 18.6 Å². The van der Waals surface area contributed by atoms with Gasteiger partial charge < -0.3 is 19.6 Å². The number of anilines is 1. The lowest BCUT2D eigenvalue weighted by atomic mass is 10.1. The largest absolute Gasteiger partial charge is 0.522 e. The number of hydrogen-bond donors (Lipinski definition) is 2. The van der Waals surface area contributed by atoms with E-state index in [1.807, 2.05) is 0 Å². The number of rotatable bonds is 5. The second-order valence-electron chi connectivity index (χ2n) is 6.98. The van der Waals surface area contributed by atoms with Crippen LogP contribution in [0.3, 0.4) is 0 Å². The van der Waals surface area contributed by atoms with Crippen molar-refractivity contribution in [2.45, 2.75) is 44.4 Å². The van der Waals surface area contributed by atoms with Crippen molar-refractivity contribution >= 4 is 11.9 Å². The van der Waals surface area contributed by atoms with Crippen molar-refractivity contribution in [3.63, 3.8) is 0 Å². The highest BCUT2D eigenvalue weighted by molar-refractivity contribution is 5.83. The number of H-pyrrole nitrogens is 1. The minimum absolute atomic E-state index is 0.0133. The predicted octanol–water partition coefficient (Wildman–Crippen LogP) is 2.77. The zero-order valence-corrected chi connectivity index (χ0v) is 16.4. The van der Waals surface area contributed by atoms with Gasteiger partial charge in [-0.3, -0.25) is 14.3 Å². The first-order valence-corrected chi connectivity index (χ1v) is 9.28. The van der Waals surface area contributed by atoms with Crippen molar-refractivity contribution in [2.75, 3.05) is 18.4 Å². The molecule has 1 atom stereocenters. The molecule has 0 saturated carbocycles. The van der Waals surface area contributed by atoms with Crippen LogP contribution in [0.25, 0.3) is 11.5 Å². The fourth-order valence-electron chi connectivity index (χ4n) is 3.10. The molecule has 0 radical (unpaired) electrons. The zero-order chi connectivity index (χ0) is 23.7. The molecule has 32 heavy (non-hydrogen) atoms. The van der Waals surface area contributed by atoms with E-state index in [0.717, 1.165) is 6.07 Å². The van der Waals surface area contributed by atoms with Crippen LogP contribution in [0.1, 0.15) is 25.5 Å². The molecule has 0 aliphatic carbocycles. The predicted molar refractivity (Wildman–Crippen MR) is 95.2 cm³/mol. The number of carbonyl (C=O) groups excluding carboxylic acids is 1. The van der Waals surface area contributed by atoms with Crippen molar-refractivity contribution in [1.82, 2.24) is 20.1 Å². The summed E-state index contributed by atoms with van der Waals surface area (Å²) in [5, 5.41) is 9.78. The monoisotopic (exact) mass is 469 g/mol. The van der Waals surface area contributed by atoms with E-state index in [1.54, 1.807) is 4.98 Å². The highest BCUT2D eigenvalue weighted by Crippen LogP contribution is 2.28. The van der Waals surface area contributed by atoms with Gasteiger partial charge in [0.2, 0.25) is 5.91 Å². The van der Waals surface area contributed by atoms with Crippen LogP contribution < -0.4 is 10.9 Å². The molecule has 0 spiro atoms. The summed E-state index contributed by atoms with van der Waals surface area (Å²) in [6.45, 7) is 1.57. The van der Waals surface area contributed by atoms with E-state index in [-0.39, 0.29) is 43.4 Å². The highest BCUT2D eigenvalue weighted by Gasteiger charge is 2.36. The van der Waals surface area contributed by atoms with Gasteiger partial charge in [0.1, 0.15) is 17.3 Å². The zero-order valence-electron chi connectivity index (χ0n) is 16.4. The van der Waals surface area contributed by atoms with Crippen LogP contribution in [-0.4, -0.2) is 57.6 Å². The van der Waals surface area contributed by atoms with Gasteiger partial charge in [-0.15, -0.1) is 18.3 Å². The summed E-state index contributed by atoms with van der Waals surface area (Å²) in [6, 6.07) is 0.345. The fourth-order valence-corrected chi connectivity index (χ4v) is 3.10. The number of nitrogens with zero attached hydrogens (tertiary/aromatic N) is 3. The molecule has 1 saturated heterocycles. The van der Waals surface area contributed by atoms with Gasteiger partial charge in [0.25, 0.3) is 11.4 Å². The van der Waals surface area contributed by atoms with Gasteiger partial charge in [0.15, 0.2) is 0 Å². The average Bonchev–Trinajstić information content (AvgIpc) is 3.14. The van der Waals surface area contributed by atoms with Gasteiger partial charge in [-0.25, -0.2) is 0 Å². The number of piperidine rings is 1. The molecule has 0 bridgehead atoms. The SMILES string of the molecule is C[C@@H](Nc1nnc(-c2ccc(C(F)(F)F)[nH]c2=O)o1)C(=O)N1CCC(OC(F)(F)F)CC1. The molecule has 1 aliphatic heterocycles. The standard InChI is InChI=1S/C17H17F6N5O4/c1-8(14(30)28-6-4-9(5-7-28)32-17(21,22)23)24-15-27-26-13(31-15)10-2-3-11(16(18,19)20)25-12(10)29/h2-3,8-9H,4-7H2,1H3,(H,24,27)(H,25,29)/t8-/m1/s1. The van der Waals surface area contributed by atoms with Crippen LogP contribution in [0.5, 0.6) is 0 Å². The molecule has 2 aromatic rings. The Labute approximate surface area is 175 Å². The average molecular weight is 469 g/mol. The Balaban J connectivity index is 1.60. The van der Waals surface area contributed by atoms with Crippen molar-refractivity contribution < 1.29 is 40.3 Å². The Kier molecular flexibility index (Phi) is 6.48. The molecule has 2 N–H and O–H groups in total.